The molecule has 200 valence electrons. The van der Waals surface area contributed by atoms with E-state index in [2.05, 4.69) is 33.0 Å². The molecule has 2 saturated heterocycles. The van der Waals surface area contributed by atoms with Crippen molar-refractivity contribution in [2.24, 2.45) is 28.6 Å². The summed E-state index contributed by atoms with van der Waals surface area (Å²) in [5.74, 6) is 0.527. The average molecular weight is 506 g/mol. The topological polar surface area (TPSA) is 105 Å². The van der Waals surface area contributed by atoms with Crippen molar-refractivity contribution in [2.75, 3.05) is 46.7 Å². The number of amides is 1. The lowest BCUT2D eigenvalue weighted by Crippen LogP contribution is -2.73. The van der Waals surface area contributed by atoms with Crippen LogP contribution in [0.25, 0.3) is 0 Å². The van der Waals surface area contributed by atoms with E-state index in [0.29, 0.717) is 57.8 Å². The molecule has 3 heterocycles. The maximum atomic E-state index is 13.0. The van der Waals surface area contributed by atoms with Crippen LogP contribution in [0.5, 0.6) is 0 Å². The van der Waals surface area contributed by atoms with Crippen LogP contribution in [0.15, 0.2) is 11.1 Å². The number of alkyl carbamates (subject to hydrolysis) is 1. The predicted octanol–water partition coefficient (Wildman–Crippen LogP) is 2.62. The number of carbonyl (C=O) groups is 2. The normalized spacial score (nSPS) is 45.7. The molecule has 3 aliphatic carbocycles. The average Bonchev–Trinajstić information content (AvgIpc) is 3.73. The van der Waals surface area contributed by atoms with Crippen molar-refractivity contribution >= 4 is 12.1 Å². The van der Waals surface area contributed by atoms with E-state index in [9.17, 15) is 9.59 Å². The fourth-order valence-corrected chi connectivity index (χ4v) is 8.62. The summed E-state index contributed by atoms with van der Waals surface area (Å²) < 4.78 is 35.7. The summed E-state index contributed by atoms with van der Waals surface area (Å²) in [4.78, 5) is 25.3. The number of methoxy groups -OCH3 is 1. The number of epoxide rings is 1. The van der Waals surface area contributed by atoms with E-state index in [-0.39, 0.29) is 28.8 Å². The number of ether oxygens (including phenoxy) is 6. The minimum absolute atomic E-state index is 0.0646. The first-order valence-corrected chi connectivity index (χ1v) is 13.4. The van der Waals surface area contributed by atoms with Gasteiger partial charge in [-0.25, -0.2) is 9.59 Å². The van der Waals surface area contributed by atoms with Gasteiger partial charge in [0.15, 0.2) is 0 Å². The zero-order valence-corrected chi connectivity index (χ0v) is 22.0. The second-order valence-electron chi connectivity index (χ2n) is 12.1. The van der Waals surface area contributed by atoms with Gasteiger partial charge >= 0.3 is 12.1 Å². The van der Waals surface area contributed by atoms with Gasteiger partial charge in [-0.05, 0) is 43.6 Å². The molecule has 0 radical (unpaired) electrons. The van der Waals surface area contributed by atoms with Crippen LogP contribution in [0, 0.1) is 28.6 Å². The highest BCUT2D eigenvalue weighted by atomic mass is 16.7. The zero-order valence-electron chi connectivity index (χ0n) is 22.0. The van der Waals surface area contributed by atoms with Crippen LogP contribution in [0.1, 0.15) is 47.0 Å². The second-order valence-corrected chi connectivity index (χ2v) is 12.1. The summed E-state index contributed by atoms with van der Waals surface area (Å²) >= 11 is 0. The van der Waals surface area contributed by atoms with E-state index < -0.39 is 23.4 Å². The van der Waals surface area contributed by atoms with E-state index in [1.807, 2.05) is 0 Å². The van der Waals surface area contributed by atoms with Gasteiger partial charge in [-0.1, -0.05) is 20.8 Å². The van der Waals surface area contributed by atoms with E-state index in [1.54, 1.807) is 7.11 Å². The number of hydrogen-bond donors (Lipinski definition) is 1. The van der Waals surface area contributed by atoms with Gasteiger partial charge in [0.1, 0.15) is 23.9 Å². The van der Waals surface area contributed by atoms with E-state index in [1.165, 1.54) is 0 Å². The number of fused-ring (bicyclic) bond motifs is 4. The Bertz CT molecular complexity index is 996. The molecule has 36 heavy (non-hydrogen) atoms. The molecule has 3 aliphatic heterocycles. The summed E-state index contributed by atoms with van der Waals surface area (Å²) in [6.45, 7) is 11.4. The third kappa shape index (κ3) is 2.97. The number of cyclic esters (lactones) is 1. The lowest BCUT2D eigenvalue weighted by molar-refractivity contribution is -0.258. The van der Waals surface area contributed by atoms with Crippen LogP contribution in [0.2, 0.25) is 0 Å². The molecule has 9 heteroatoms. The summed E-state index contributed by atoms with van der Waals surface area (Å²) in [7, 11) is 1.63. The quantitative estimate of drug-likeness (QED) is 0.305. The van der Waals surface area contributed by atoms with Crippen molar-refractivity contribution in [3.63, 3.8) is 0 Å². The van der Waals surface area contributed by atoms with E-state index in [0.717, 1.165) is 24.0 Å². The molecule has 1 N–H and O–H groups in total. The first-order chi connectivity index (χ1) is 17.2. The maximum Gasteiger partial charge on any atom is 0.407 e. The molecule has 8 atom stereocenters. The van der Waals surface area contributed by atoms with Gasteiger partial charge < -0.3 is 33.7 Å². The highest BCUT2D eigenvalue weighted by Gasteiger charge is 2.93. The third-order valence-electron chi connectivity index (χ3n) is 10.6. The van der Waals surface area contributed by atoms with Crippen molar-refractivity contribution in [2.45, 2.75) is 70.4 Å². The molecule has 6 aliphatic rings. The molecule has 0 unspecified atom stereocenters. The Morgan fingerprint density at radius 2 is 2.03 bits per heavy atom. The Morgan fingerprint density at radius 1 is 1.22 bits per heavy atom. The summed E-state index contributed by atoms with van der Waals surface area (Å²) in [5, 5.41) is 2.86. The van der Waals surface area contributed by atoms with Gasteiger partial charge in [-0.15, -0.1) is 0 Å². The molecule has 1 spiro atoms. The fourth-order valence-electron chi connectivity index (χ4n) is 8.62. The van der Waals surface area contributed by atoms with Crippen molar-refractivity contribution in [3.8, 4) is 0 Å². The minimum atomic E-state index is -0.784. The molecule has 0 bridgehead atoms. The van der Waals surface area contributed by atoms with Crippen LogP contribution in [0.4, 0.5) is 4.79 Å². The molecular formula is C27H39NO8. The van der Waals surface area contributed by atoms with E-state index >= 15 is 0 Å². The monoisotopic (exact) mass is 505 g/mol. The predicted molar refractivity (Wildman–Crippen MR) is 127 cm³/mol. The van der Waals surface area contributed by atoms with Crippen LogP contribution in [-0.4, -0.2) is 82.2 Å². The van der Waals surface area contributed by atoms with Crippen LogP contribution < -0.4 is 5.32 Å². The standard InChI is InChI=1S/C27H39NO8/c1-15(2)26-12-18(26)20-27(36-20)24(3)7-6-16-17(13-33-21(16)29)19(24)14-34-25(27,4)22(26)35-23(30)28-8-9-32-11-10-31-5/h15,18-20,22H,6-14H2,1-5H3,(H,28,30)/t18-,19-,20-,22-,24-,25+,26+,27+/m0/s1. The number of rotatable bonds is 8. The Hall–Kier alpha value is -1.68. The lowest BCUT2D eigenvalue weighted by atomic mass is 9.49. The summed E-state index contributed by atoms with van der Waals surface area (Å²) in [6.07, 6.45) is 1.69. The summed E-state index contributed by atoms with van der Waals surface area (Å²) in [5.41, 5.74) is 0.183. The number of carbonyl (C=O) groups excluding carboxylic acids is 2. The van der Waals surface area contributed by atoms with Crippen LogP contribution in [0.3, 0.4) is 0 Å². The molecule has 0 aromatic rings. The molecule has 2 saturated carbocycles. The van der Waals surface area contributed by atoms with Gasteiger partial charge in [0.25, 0.3) is 0 Å². The molecule has 9 nitrogen and oxygen atoms in total. The van der Waals surface area contributed by atoms with Crippen LogP contribution in [-0.2, 0) is 33.2 Å². The molecule has 6 rings (SSSR count). The van der Waals surface area contributed by atoms with Gasteiger partial charge in [0.05, 0.1) is 32.5 Å². The fraction of sp³-hybridized carbons (Fsp3) is 0.852. The molecular weight excluding hydrogens is 466 g/mol. The van der Waals surface area contributed by atoms with E-state index in [4.69, 9.17) is 28.4 Å². The number of hydrogen-bond acceptors (Lipinski definition) is 8. The molecule has 0 aromatic carbocycles. The Kier molecular flexibility index (Phi) is 5.58. The highest BCUT2D eigenvalue weighted by molar-refractivity contribution is 5.92. The largest absolute Gasteiger partial charge is 0.458 e. The van der Waals surface area contributed by atoms with Crippen LogP contribution >= 0.6 is 0 Å². The Morgan fingerprint density at radius 3 is 2.78 bits per heavy atom. The van der Waals surface area contributed by atoms with Gasteiger partial charge in [0.2, 0.25) is 0 Å². The molecule has 4 fully saturated rings. The van der Waals surface area contributed by atoms with Crippen molar-refractivity contribution in [1.29, 1.82) is 0 Å². The molecule has 0 aromatic heterocycles. The van der Waals surface area contributed by atoms with Crippen molar-refractivity contribution < 1.29 is 38.0 Å². The Labute approximate surface area is 212 Å². The first kappa shape index (κ1) is 24.6. The SMILES string of the molecule is COCCOCCNC(=O)O[C@@H]1[C@@]2(C(C)C)C[C@H]2[C@@H]2O[C@@]23[C@@]2(C)CCC4=C(COC4=O)[C@@H]2CO[C@]13C. The first-order valence-electron chi connectivity index (χ1n) is 13.4. The third-order valence-corrected chi connectivity index (χ3v) is 10.6. The minimum Gasteiger partial charge on any atom is -0.458 e. The lowest BCUT2D eigenvalue weighted by Gasteiger charge is -2.60. The van der Waals surface area contributed by atoms with Crippen molar-refractivity contribution in [3.05, 3.63) is 11.1 Å². The zero-order chi connectivity index (χ0) is 25.5. The highest BCUT2D eigenvalue weighted by Crippen LogP contribution is 2.82. The number of nitrogens with one attached hydrogen (secondary N) is 1. The smallest absolute Gasteiger partial charge is 0.407 e. The van der Waals surface area contributed by atoms with Gasteiger partial charge in [-0.3, -0.25) is 0 Å². The van der Waals surface area contributed by atoms with Gasteiger partial charge in [-0.2, -0.15) is 0 Å². The summed E-state index contributed by atoms with van der Waals surface area (Å²) in [6, 6.07) is 0. The maximum absolute atomic E-state index is 13.0. The second kappa shape index (κ2) is 8.16. The van der Waals surface area contributed by atoms with Crippen molar-refractivity contribution in [1.82, 2.24) is 5.32 Å². The van der Waals surface area contributed by atoms with Gasteiger partial charge in [0, 0.05) is 36.0 Å². The molecule has 1 amide bonds. The number of esters is 1. The Balaban J connectivity index is 1.27.